The second kappa shape index (κ2) is 3.80. The molecule has 0 fully saturated rings. The van der Waals surface area contributed by atoms with Gasteiger partial charge in [-0.1, -0.05) is 12.1 Å². The van der Waals surface area contributed by atoms with Crippen molar-refractivity contribution < 1.29 is 4.42 Å². The van der Waals surface area contributed by atoms with Crippen molar-refractivity contribution in [2.24, 2.45) is 5.73 Å². The number of nitrogens with two attached hydrogens (primary N) is 1. The van der Waals surface area contributed by atoms with Gasteiger partial charge in [-0.2, -0.15) is 0 Å². The van der Waals surface area contributed by atoms with E-state index in [1.54, 1.807) is 0 Å². The predicted molar refractivity (Wildman–Crippen MR) is 56.0 cm³/mol. The molecule has 0 spiro atoms. The van der Waals surface area contributed by atoms with Gasteiger partial charge in [-0.15, -0.1) is 0 Å². The van der Waals surface area contributed by atoms with Gasteiger partial charge in [-0.25, -0.2) is 4.98 Å². The summed E-state index contributed by atoms with van der Waals surface area (Å²) in [6.45, 7) is 1.99. The van der Waals surface area contributed by atoms with Crippen LogP contribution in [-0.4, -0.2) is 11.0 Å². The van der Waals surface area contributed by atoms with Crippen molar-refractivity contribution in [2.45, 2.75) is 25.8 Å². The highest BCUT2D eigenvalue weighted by atomic mass is 16.3. The van der Waals surface area contributed by atoms with Gasteiger partial charge >= 0.3 is 0 Å². The summed E-state index contributed by atoms with van der Waals surface area (Å²) in [6.07, 6.45) is 1.72. The Morgan fingerprint density at radius 3 is 2.93 bits per heavy atom. The molecular formula is C11H14N2O. The lowest BCUT2D eigenvalue weighted by Crippen LogP contribution is -2.15. The van der Waals surface area contributed by atoms with Crippen molar-refractivity contribution in [3.63, 3.8) is 0 Å². The number of rotatable bonds is 3. The maximum absolute atomic E-state index is 5.67. The van der Waals surface area contributed by atoms with Gasteiger partial charge in [0.05, 0.1) is 0 Å². The highest BCUT2D eigenvalue weighted by molar-refractivity contribution is 5.72. The summed E-state index contributed by atoms with van der Waals surface area (Å²) in [5, 5.41) is 0. The van der Waals surface area contributed by atoms with Crippen LogP contribution in [0.5, 0.6) is 0 Å². The first-order valence-electron chi connectivity index (χ1n) is 4.86. The van der Waals surface area contributed by atoms with E-state index < -0.39 is 0 Å². The van der Waals surface area contributed by atoms with Crippen LogP contribution in [0, 0.1) is 0 Å². The van der Waals surface area contributed by atoms with E-state index in [4.69, 9.17) is 10.2 Å². The molecule has 0 amide bonds. The van der Waals surface area contributed by atoms with Crippen molar-refractivity contribution in [3.05, 3.63) is 30.2 Å². The second-order valence-corrected chi connectivity index (χ2v) is 3.59. The van der Waals surface area contributed by atoms with E-state index in [9.17, 15) is 0 Å². The zero-order valence-corrected chi connectivity index (χ0v) is 8.23. The molecule has 3 heteroatoms. The lowest BCUT2D eigenvalue weighted by atomic mass is 10.2. The summed E-state index contributed by atoms with van der Waals surface area (Å²) in [6, 6.07) is 7.99. The number of oxazole rings is 1. The quantitative estimate of drug-likeness (QED) is 0.806. The predicted octanol–water partition coefficient (Wildman–Crippen LogP) is 2.11. The molecule has 3 nitrogen and oxygen atoms in total. The smallest absolute Gasteiger partial charge is 0.195 e. The molecule has 0 aliphatic heterocycles. The largest absolute Gasteiger partial charge is 0.441 e. The number of aryl methyl sites for hydroxylation is 1. The van der Waals surface area contributed by atoms with Crippen LogP contribution in [0.2, 0.25) is 0 Å². The Morgan fingerprint density at radius 1 is 1.43 bits per heavy atom. The van der Waals surface area contributed by atoms with Crippen LogP contribution in [0.3, 0.4) is 0 Å². The molecule has 14 heavy (non-hydrogen) atoms. The average Bonchev–Trinajstić information content (AvgIpc) is 2.57. The van der Waals surface area contributed by atoms with E-state index in [-0.39, 0.29) is 6.04 Å². The summed E-state index contributed by atoms with van der Waals surface area (Å²) < 4.78 is 5.55. The van der Waals surface area contributed by atoms with Crippen molar-refractivity contribution in [1.29, 1.82) is 0 Å². The Hall–Kier alpha value is -1.35. The van der Waals surface area contributed by atoms with E-state index in [1.165, 1.54) is 0 Å². The molecule has 2 aromatic rings. The summed E-state index contributed by atoms with van der Waals surface area (Å²) >= 11 is 0. The minimum atomic E-state index is 0.199. The Labute approximate surface area is 82.9 Å². The van der Waals surface area contributed by atoms with Crippen molar-refractivity contribution >= 4 is 11.1 Å². The number of aromatic nitrogens is 1. The highest BCUT2D eigenvalue weighted by Gasteiger charge is 2.05. The topological polar surface area (TPSA) is 52.0 Å². The van der Waals surface area contributed by atoms with Crippen molar-refractivity contribution in [1.82, 2.24) is 4.98 Å². The number of fused-ring (bicyclic) bond motifs is 1. The third kappa shape index (κ3) is 1.93. The standard InChI is InChI=1S/C11H14N2O/c1-8(12)6-7-11-13-9-4-2-3-5-10(9)14-11/h2-5,8H,6-7,12H2,1H3. The fraction of sp³-hybridized carbons (Fsp3) is 0.364. The normalized spacial score (nSPS) is 13.3. The summed E-state index contributed by atoms with van der Waals surface area (Å²) in [4.78, 5) is 4.36. The number of nitrogens with zero attached hydrogens (tertiary/aromatic N) is 1. The molecule has 0 saturated heterocycles. The molecule has 2 rings (SSSR count). The molecule has 1 atom stereocenters. The van der Waals surface area contributed by atoms with Gasteiger partial charge in [0, 0.05) is 12.5 Å². The van der Waals surface area contributed by atoms with Crippen LogP contribution in [0.4, 0.5) is 0 Å². The van der Waals surface area contributed by atoms with E-state index in [0.29, 0.717) is 0 Å². The van der Waals surface area contributed by atoms with Crippen LogP contribution in [0.25, 0.3) is 11.1 Å². The summed E-state index contributed by atoms with van der Waals surface area (Å²) in [5.41, 5.74) is 7.44. The van der Waals surface area contributed by atoms with Crippen LogP contribution in [0.1, 0.15) is 19.2 Å². The zero-order valence-electron chi connectivity index (χ0n) is 8.23. The van der Waals surface area contributed by atoms with Crippen LogP contribution in [0.15, 0.2) is 28.7 Å². The lowest BCUT2D eigenvalue weighted by Gasteiger charge is -1.99. The van der Waals surface area contributed by atoms with Crippen molar-refractivity contribution in [2.75, 3.05) is 0 Å². The Bertz CT molecular complexity index is 387. The fourth-order valence-corrected chi connectivity index (χ4v) is 1.38. The minimum Gasteiger partial charge on any atom is -0.441 e. The SMILES string of the molecule is CC(N)CCc1nc2ccccc2o1. The van der Waals surface area contributed by atoms with Crippen LogP contribution >= 0.6 is 0 Å². The molecule has 1 heterocycles. The number of hydrogen-bond donors (Lipinski definition) is 1. The van der Waals surface area contributed by atoms with E-state index in [2.05, 4.69) is 4.98 Å². The number of para-hydroxylation sites is 2. The van der Waals surface area contributed by atoms with Gasteiger partial charge < -0.3 is 10.2 Å². The Kier molecular flexibility index (Phi) is 2.50. The molecule has 0 saturated carbocycles. The monoisotopic (exact) mass is 190 g/mol. The average molecular weight is 190 g/mol. The first kappa shape index (κ1) is 9.21. The fourth-order valence-electron chi connectivity index (χ4n) is 1.38. The molecule has 1 aromatic heterocycles. The van der Waals surface area contributed by atoms with Crippen LogP contribution in [-0.2, 0) is 6.42 Å². The van der Waals surface area contributed by atoms with Gasteiger partial charge in [-0.05, 0) is 25.5 Å². The second-order valence-electron chi connectivity index (χ2n) is 3.59. The number of benzene rings is 1. The Balaban J connectivity index is 2.19. The van der Waals surface area contributed by atoms with Gasteiger partial charge in [0.1, 0.15) is 5.52 Å². The molecular weight excluding hydrogens is 176 g/mol. The number of hydrogen-bond acceptors (Lipinski definition) is 3. The third-order valence-electron chi connectivity index (χ3n) is 2.15. The molecule has 1 unspecified atom stereocenters. The molecule has 1 aromatic carbocycles. The molecule has 0 aliphatic rings. The minimum absolute atomic E-state index is 0.199. The van der Waals surface area contributed by atoms with Gasteiger partial charge in [0.2, 0.25) is 0 Å². The van der Waals surface area contributed by atoms with E-state index >= 15 is 0 Å². The molecule has 0 aliphatic carbocycles. The van der Waals surface area contributed by atoms with E-state index in [0.717, 1.165) is 29.8 Å². The summed E-state index contributed by atoms with van der Waals surface area (Å²) in [5.74, 6) is 0.781. The third-order valence-corrected chi connectivity index (χ3v) is 2.15. The molecule has 0 bridgehead atoms. The van der Waals surface area contributed by atoms with Gasteiger partial charge in [0.25, 0.3) is 0 Å². The van der Waals surface area contributed by atoms with Crippen LogP contribution < -0.4 is 5.73 Å². The molecule has 0 radical (unpaired) electrons. The zero-order chi connectivity index (χ0) is 9.97. The highest BCUT2D eigenvalue weighted by Crippen LogP contribution is 2.15. The maximum Gasteiger partial charge on any atom is 0.195 e. The first-order chi connectivity index (χ1) is 6.75. The maximum atomic E-state index is 5.67. The Morgan fingerprint density at radius 2 is 2.21 bits per heavy atom. The first-order valence-corrected chi connectivity index (χ1v) is 4.86. The molecule has 74 valence electrons. The van der Waals surface area contributed by atoms with Gasteiger partial charge in [-0.3, -0.25) is 0 Å². The van der Waals surface area contributed by atoms with Gasteiger partial charge in [0.15, 0.2) is 11.5 Å². The summed E-state index contributed by atoms with van der Waals surface area (Å²) in [7, 11) is 0. The molecule has 2 N–H and O–H groups in total. The van der Waals surface area contributed by atoms with E-state index in [1.807, 2.05) is 31.2 Å². The lowest BCUT2D eigenvalue weighted by molar-refractivity contribution is 0.504. The van der Waals surface area contributed by atoms with Crippen molar-refractivity contribution in [3.8, 4) is 0 Å².